The number of nitrogens with one attached hydrogen (secondary N) is 1. The monoisotopic (exact) mass is 276 g/mol. The van der Waals surface area contributed by atoms with Crippen molar-refractivity contribution in [3.63, 3.8) is 0 Å². The molecule has 0 spiro atoms. The van der Waals surface area contributed by atoms with Gasteiger partial charge in [0.2, 0.25) is 6.79 Å². The predicted octanol–water partition coefficient (Wildman–Crippen LogP) is 3.15. The minimum Gasteiger partial charge on any atom is -0.454 e. The fourth-order valence-electron chi connectivity index (χ4n) is 2.36. The number of halogens is 1. The molecule has 1 aromatic heterocycles. The second kappa shape index (κ2) is 3.90. The third-order valence-corrected chi connectivity index (χ3v) is 4.26. The van der Waals surface area contributed by atoms with E-state index in [0.29, 0.717) is 5.88 Å². The highest BCUT2D eigenvalue weighted by atomic mass is 35.5. The van der Waals surface area contributed by atoms with Gasteiger partial charge in [-0.2, -0.15) is 0 Å². The van der Waals surface area contributed by atoms with Gasteiger partial charge in [0.25, 0.3) is 0 Å². The third kappa shape index (κ3) is 1.78. The zero-order valence-electron chi connectivity index (χ0n) is 10.3. The topological polar surface area (TPSA) is 43.4 Å². The molecule has 1 N–H and O–H groups in total. The van der Waals surface area contributed by atoms with Crippen LogP contribution in [0.5, 0.6) is 11.5 Å². The summed E-state index contributed by atoms with van der Waals surface area (Å²) in [4.78, 5) is 4.44. The maximum atomic E-state index is 6.02. The molecule has 1 saturated carbocycles. The highest BCUT2D eigenvalue weighted by Crippen LogP contribution is 2.42. The first kappa shape index (κ1) is 11.2. The summed E-state index contributed by atoms with van der Waals surface area (Å²) < 4.78 is 10.8. The molecule has 2 aromatic rings. The molecule has 19 heavy (non-hydrogen) atoms. The van der Waals surface area contributed by atoms with Crippen LogP contribution in [0.1, 0.15) is 12.8 Å². The van der Waals surface area contributed by atoms with E-state index in [2.05, 4.69) is 10.3 Å². The molecule has 1 aliphatic carbocycles. The summed E-state index contributed by atoms with van der Waals surface area (Å²) in [5.74, 6) is 3.05. The smallest absolute Gasteiger partial charge is 0.231 e. The predicted molar refractivity (Wildman–Crippen MR) is 74.2 cm³/mol. The van der Waals surface area contributed by atoms with E-state index >= 15 is 0 Å². The van der Waals surface area contributed by atoms with Crippen molar-refractivity contribution in [3.8, 4) is 11.5 Å². The van der Waals surface area contributed by atoms with Crippen molar-refractivity contribution < 1.29 is 9.47 Å². The van der Waals surface area contributed by atoms with Gasteiger partial charge in [-0.05, 0) is 36.4 Å². The Labute approximate surface area is 115 Å². The van der Waals surface area contributed by atoms with Gasteiger partial charge in [-0.15, -0.1) is 11.6 Å². The number of benzene rings is 1. The van der Waals surface area contributed by atoms with E-state index in [-0.39, 0.29) is 12.3 Å². The lowest BCUT2D eigenvalue weighted by molar-refractivity contribution is 0.174. The molecule has 1 fully saturated rings. The number of rotatable bonds is 3. The van der Waals surface area contributed by atoms with Gasteiger partial charge in [0.05, 0.1) is 5.54 Å². The molecule has 0 saturated heterocycles. The average Bonchev–Trinajstić information content (AvgIpc) is 3.06. The van der Waals surface area contributed by atoms with Crippen LogP contribution in [0.15, 0.2) is 24.4 Å². The Morgan fingerprint density at radius 1 is 1.26 bits per heavy atom. The molecule has 2 aliphatic rings. The van der Waals surface area contributed by atoms with Crippen LogP contribution in [-0.4, -0.2) is 23.2 Å². The molecule has 5 heteroatoms. The standard InChI is InChI=1S/C14H13ClN2O2/c15-7-14(2-3-14)17-13-10-6-12-11(18-8-19-12)5-9(10)1-4-16-13/h1,4-6H,2-3,7-8H2,(H,16,17). The fraction of sp³-hybridized carbons (Fsp3) is 0.357. The summed E-state index contributed by atoms with van der Waals surface area (Å²) >= 11 is 6.02. The van der Waals surface area contributed by atoms with Crippen LogP contribution in [0.3, 0.4) is 0 Å². The number of alkyl halides is 1. The first-order chi connectivity index (χ1) is 9.30. The minimum absolute atomic E-state index is 0.0270. The average molecular weight is 277 g/mol. The van der Waals surface area contributed by atoms with Gasteiger partial charge in [-0.25, -0.2) is 4.98 Å². The molecule has 1 aliphatic heterocycles. The van der Waals surface area contributed by atoms with E-state index in [9.17, 15) is 0 Å². The summed E-state index contributed by atoms with van der Waals surface area (Å²) in [6.45, 7) is 0.285. The Hall–Kier alpha value is -1.68. The molecule has 4 nitrogen and oxygen atoms in total. The Morgan fingerprint density at radius 3 is 2.79 bits per heavy atom. The first-order valence-corrected chi connectivity index (χ1v) is 6.86. The Morgan fingerprint density at radius 2 is 2.05 bits per heavy atom. The van der Waals surface area contributed by atoms with Crippen molar-refractivity contribution in [3.05, 3.63) is 24.4 Å². The van der Waals surface area contributed by atoms with Crippen molar-refractivity contribution in [2.24, 2.45) is 0 Å². The van der Waals surface area contributed by atoms with Crippen molar-refractivity contribution in [2.45, 2.75) is 18.4 Å². The van der Waals surface area contributed by atoms with Crippen LogP contribution in [0.25, 0.3) is 10.8 Å². The number of pyridine rings is 1. The lowest BCUT2D eigenvalue weighted by atomic mass is 10.1. The van der Waals surface area contributed by atoms with Gasteiger partial charge >= 0.3 is 0 Å². The molecule has 0 atom stereocenters. The number of fused-ring (bicyclic) bond motifs is 2. The van der Waals surface area contributed by atoms with Crippen LogP contribution in [0.4, 0.5) is 5.82 Å². The number of anilines is 1. The maximum Gasteiger partial charge on any atom is 0.231 e. The quantitative estimate of drug-likeness (QED) is 0.875. The summed E-state index contributed by atoms with van der Waals surface area (Å²) in [6, 6.07) is 5.95. The molecule has 2 heterocycles. The second-order valence-corrected chi connectivity index (χ2v) is 5.39. The van der Waals surface area contributed by atoms with E-state index in [1.54, 1.807) is 6.20 Å². The van der Waals surface area contributed by atoms with Crippen LogP contribution in [0, 0.1) is 0 Å². The van der Waals surface area contributed by atoms with Gasteiger partial charge in [0.1, 0.15) is 5.82 Å². The van der Waals surface area contributed by atoms with Gasteiger partial charge in [-0.3, -0.25) is 0 Å². The first-order valence-electron chi connectivity index (χ1n) is 6.32. The molecule has 0 bridgehead atoms. The molecule has 0 radical (unpaired) electrons. The lowest BCUT2D eigenvalue weighted by Gasteiger charge is -2.16. The Balaban J connectivity index is 1.82. The Kier molecular flexibility index (Phi) is 2.30. The van der Waals surface area contributed by atoms with E-state index in [0.717, 1.165) is 40.9 Å². The van der Waals surface area contributed by atoms with Gasteiger partial charge in [-0.1, -0.05) is 0 Å². The van der Waals surface area contributed by atoms with Crippen LogP contribution >= 0.6 is 11.6 Å². The summed E-state index contributed by atoms with van der Waals surface area (Å²) in [6.07, 6.45) is 4.00. The van der Waals surface area contributed by atoms with E-state index in [1.807, 2.05) is 18.2 Å². The number of nitrogens with zero attached hydrogens (tertiary/aromatic N) is 1. The van der Waals surface area contributed by atoms with E-state index in [4.69, 9.17) is 21.1 Å². The van der Waals surface area contributed by atoms with Crippen LogP contribution in [0.2, 0.25) is 0 Å². The fourth-order valence-corrected chi connectivity index (χ4v) is 2.69. The van der Waals surface area contributed by atoms with Crippen LogP contribution in [-0.2, 0) is 0 Å². The van der Waals surface area contributed by atoms with Crippen molar-refractivity contribution in [1.82, 2.24) is 4.98 Å². The SMILES string of the molecule is ClCC1(Nc2nccc3cc4c(cc23)OCO4)CC1. The van der Waals surface area contributed by atoms with E-state index < -0.39 is 0 Å². The molecular weight excluding hydrogens is 264 g/mol. The van der Waals surface area contributed by atoms with E-state index in [1.165, 1.54) is 0 Å². The number of hydrogen-bond acceptors (Lipinski definition) is 4. The zero-order valence-corrected chi connectivity index (χ0v) is 11.0. The second-order valence-electron chi connectivity index (χ2n) is 5.13. The lowest BCUT2D eigenvalue weighted by Crippen LogP contribution is -2.23. The normalized spacial score (nSPS) is 18.6. The Bertz CT molecular complexity index is 655. The minimum atomic E-state index is 0.0270. The summed E-state index contributed by atoms with van der Waals surface area (Å²) in [7, 11) is 0. The van der Waals surface area contributed by atoms with Gasteiger partial charge in [0, 0.05) is 17.5 Å². The highest BCUT2D eigenvalue weighted by molar-refractivity contribution is 6.19. The molecule has 98 valence electrons. The highest BCUT2D eigenvalue weighted by Gasteiger charge is 2.42. The van der Waals surface area contributed by atoms with Gasteiger partial charge < -0.3 is 14.8 Å². The number of aromatic nitrogens is 1. The van der Waals surface area contributed by atoms with Crippen molar-refractivity contribution >= 4 is 28.2 Å². The maximum absolute atomic E-state index is 6.02. The molecule has 0 unspecified atom stereocenters. The number of ether oxygens (including phenoxy) is 2. The molecule has 4 rings (SSSR count). The van der Waals surface area contributed by atoms with Crippen LogP contribution < -0.4 is 14.8 Å². The molecule has 1 aromatic carbocycles. The number of hydrogen-bond donors (Lipinski definition) is 1. The summed E-state index contributed by atoms with van der Waals surface area (Å²) in [5, 5.41) is 5.61. The molecule has 0 amide bonds. The zero-order chi connectivity index (χ0) is 12.9. The third-order valence-electron chi connectivity index (χ3n) is 3.75. The van der Waals surface area contributed by atoms with Gasteiger partial charge in [0.15, 0.2) is 11.5 Å². The molecular formula is C14H13ClN2O2. The largest absolute Gasteiger partial charge is 0.454 e. The van der Waals surface area contributed by atoms with Crippen molar-refractivity contribution in [2.75, 3.05) is 18.0 Å². The van der Waals surface area contributed by atoms with Crippen molar-refractivity contribution in [1.29, 1.82) is 0 Å². The summed E-state index contributed by atoms with van der Waals surface area (Å²) in [5.41, 5.74) is 0.0270.